The van der Waals surface area contributed by atoms with Crippen molar-refractivity contribution < 1.29 is 13.2 Å². The predicted molar refractivity (Wildman–Crippen MR) is 140 cm³/mol. The second-order valence-electron chi connectivity index (χ2n) is 10.6. The van der Waals surface area contributed by atoms with Crippen LogP contribution in [0.5, 0.6) is 0 Å². The van der Waals surface area contributed by atoms with Crippen LogP contribution in [0.3, 0.4) is 0 Å². The van der Waals surface area contributed by atoms with Crippen LogP contribution in [0, 0.1) is 18.8 Å². The van der Waals surface area contributed by atoms with Crippen LogP contribution >= 0.6 is 0 Å². The summed E-state index contributed by atoms with van der Waals surface area (Å²) in [7, 11) is -3.51. The number of nitrogens with zero attached hydrogens (tertiary/aromatic N) is 1. The van der Waals surface area contributed by atoms with E-state index in [2.05, 4.69) is 53.4 Å². The first-order chi connectivity index (χ1) is 17.5. The van der Waals surface area contributed by atoms with Crippen LogP contribution in [-0.4, -0.2) is 25.4 Å². The summed E-state index contributed by atoms with van der Waals surface area (Å²) in [5.74, 6) is 0.464. The van der Waals surface area contributed by atoms with Crippen molar-refractivity contribution in [2.24, 2.45) is 11.8 Å². The van der Waals surface area contributed by atoms with Gasteiger partial charge in [0.25, 0.3) is 0 Å². The molecule has 3 aliphatic carbocycles. The first-order valence-electron chi connectivity index (χ1n) is 12.5. The second kappa shape index (κ2) is 6.67. The zero-order valence-electron chi connectivity index (χ0n) is 19.8. The molecule has 0 N–H and O–H groups in total. The standard InChI is InChI=1S/C31H25NO3S/c1-20-12-18-25(19-13-20)36(33,34)31-27-26-28(35-29(27)31)30(26,31)21-14-16-24(17-15-21)32(22-8-4-2-5-9-22)23-10-6-3-7-11-23/h2-19,26-29H,1H3. The summed E-state index contributed by atoms with van der Waals surface area (Å²) >= 11 is 0. The van der Waals surface area contributed by atoms with E-state index in [9.17, 15) is 8.42 Å². The van der Waals surface area contributed by atoms with Crippen LogP contribution in [0.15, 0.2) is 114 Å². The van der Waals surface area contributed by atoms with Gasteiger partial charge in [-0.05, 0) is 61.0 Å². The van der Waals surface area contributed by atoms with Gasteiger partial charge in [0.1, 0.15) is 4.75 Å². The number of sulfone groups is 1. The van der Waals surface area contributed by atoms with Gasteiger partial charge in [-0.15, -0.1) is 0 Å². The van der Waals surface area contributed by atoms with E-state index in [4.69, 9.17) is 4.74 Å². The summed E-state index contributed by atoms with van der Waals surface area (Å²) in [6.07, 6.45) is -0.137. The molecule has 6 unspecified atom stereocenters. The average molecular weight is 492 g/mol. The lowest BCUT2D eigenvalue weighted by Gasteiger charge is -2.35. The van der Waals surface area contributed by atoms with Crippen molar-refractivity contribution in [3.05, 3.63) is 120 Å². The highest BCUT2D eigenvalue weighted by Gasteiger charge is 3.10. The summed E-state index contributed by atoms with van der Waals surface area (Å²) in [6, 6.07) is 36.4. The third-order valence-corrected chi connectivity index (χ3v) is 11.7. The lowest BCUT2D eigenvalue weighted by atomic mass is 9.78. The van der Waals surface area contributed by atoms with Crippen molar-refractivity contribution in [3.63, 3.8) is 0 Å². The molecule has 9 rings (SSSR count). The zero-order chi connectivity index (χ0) is 24.3. The molecule has 5 aliphatic rings. The molecule has 5 heteroatoms. The Morgan fingerprint density at radius 2 is 1.22 bits per heavy atom. The fraction of sp³-hybridized carbons (Fsp3) is 0.226. The topological polar surface area (TPSA) is 46.6 Å². The van der Waals surface area contributed by atoms with E-state index in [1.54, 1.807) is 12.1 Å². The monoisotopic (exact) mass is 491 g/mol. The lowest BCUT2D eigenvalue weighted by molar-refractivity contribution is 0.142. The van der Waals surface area contributed by atoms with Gasteiger partial charge in [0, 0.05) is 28.9 Å². The van der Waals surface area contributed by atoms with Gasteiger partial charge in [-0.25, -0.2) is 8.42 Å². The van der Waals surface area contributed by atoms with E-state index >= 15 is 0 Å². The molecular weight excluding hydrogens is 466 g/mol. The number of benzene rings is 4. The van der Waals surface area contributed by atoms with Crippen molar-refractivity contribution in [2.75, 3.05) is 4.90 Å². The maximum Gasteiger partial charge on any atom is 0.188 e. The van der Waals surface area contributed by atoms with Gasteiger partial charge in [-0.1, -0.05) is 66.2 Å². The predicted octanol–water partition coefficient (Wildman–Crippen LogP) is 5.96. The van der Waals surface area contributed by atoms with E-state index in [-0.39, 0.29) is 18.1 Å². The fourth-order valence-electron chi connectivity index (χ4n) is 7.64. The minimum absolute atomic E-state index is 0.0259. The maximum atomic E-state index is 14.0. The highest BCUT2D eigenvalue weighted by Crippen LogP contribution is 2.96. The van der Waals surface area contributed by atoms with Crippen LogP contribution in [0.1, 0.15) is 11.1 Å². The first kappa shape index (κ1) is 20.7. The smallest absolute Gasteiger partial charge is 0.188 e. The van der Waals surface area contributed by atoms with Gasteiger partial charge in [0.05, 0.1) is 22.5 Å². The molecule has 0 aromatic heterocycles. The van der Waals surface area contributed by atoms with Crippen LogP contribution in [0.2, 0.25) is 0 Å². The Morgan fingerprint density at radius 1 is 0.667 bits per heavy atom. The molecule has 2 bridgehead atoms. The van der Waals surface area contributed by atoms with Crippen molar-refractivity contribution in [2.45, 2.75) is 34.2 Å². The molecule has 178 valence electrons. The SMILES string of the molecule is Cc1ccc(S(=O)(=O)C23C4OC5C(C42)C53c2ccc(N(c3ccccc3)c3ccccc3)cc2)cc1. The summed E-state index contributed by atoms with van der Waals surface area (Å²) in [6.45, 7) is 1.98. The molecule has 2 aliphatic heterocycles. The molecule has 5 fully saturated rings. The number of ether oxygens (including phenoxy) is 1. The van der Waals surface area contributed by atoms with E-state index in [0.717, 1.165) is 28.2 Å². The Bertz CT molecular complexity index is 1550. The normalized spacial score (nSPS) is 32.4. The Kier molecular flexibility index (Phi) is 3.84. The van der Waals surface area contributed by atoms with E-state index in [0.29, 0.717) is 10.8 Å². The molecule has 6 atom stereocenters. The second-order valence-corrected chi connectivity index (χ2v) is 12.7. The highest BCUT2D eigenvalue weighted by atomic mass is 32.2. The van der Waals surface area contributed by atoms with Gasteiger partial charge in [0.15, 0.2) is 9.84 Å². The van der Waals surface area contributed by atoms with Gasteiger partial charge >= 0.3 is 0 Å². The molecule has 4 nitrogen and oxygen atoms in total. The van der Waals surface area contributed by atoms with Crippen molar-refractivity contribution in [1.29, 1.82) is 0 Å². The van der Waals surface area contributed by atoms with Crippen LogP contribution in [0.25, 0.3) is 0 Å². The van der Waals surface area contributed by atoms with Crippen molar-refractivity contribution in [1.82, 2.24) is 0 Å². The van der Waals surface area contributed by atoms with Gasteiger partial charge < -0.3 is 9.64 Å². The average Bonchev–Trinajstić information content (AvgIpc) is 3.56. The lowest BCUT2D eigenvalue weighted by Crippen LogP contribution is -2.47. The summed E-state index contributed by atoms with van der Waals surface area (Å²) in [5, 5.41) is 0. The molecule has 4 aromatic carbocycles. The molecule has 4 aromatic rings. The third kappa shape index (κ3) is 2.19. The largest absolute Gasteiger partial charge is 0.372 e. The van der Waals surface area contributed by atoms with Gasteiger partial charge in [-0.2, -0.15) is 0 Å². The number of hydrogen-bond acceptors (Lipinski definition) is 4. The summed E-state index contributed by atoms with van der Waals surface area (Å²) < 4.78 is 33.5. The fourth-order valence-corrected chi connectivity index (χ4v) is 10.4. The molecule has 36 heavy (non-hydrogen) atoms. The van der Waals surface area contributed by atoms with Crippen LogP contribution in [-0.2, 0) is 20.0 Å². The Morgan fingerprint density at radius 3 is 1.75 bits per heavy atom. The molecule has 3 saturated carbocycles. The quantitative estimate of drug-likeness (QED) is 0.334. The van der Waals surface area contributed by atoms with Crippen LogP contribution in [0.4, 0.5) is 17.1 Å². The molecular formula is C31H25NO3S. The zero-order valence-corrected chi connectivity index (χ0v) is 20.6. The maximum absolute atomic E-state index is 14.0. The Balaban J connectivity index is 1.20. The Labute approximate surface area is 211 Å². The van der Waals surface area contributed by atoms with Gasteiger partial charge in [-0.3, -0.25) is 0 Å². The number of anilines is 3. The van der Waals surface area contributed by atoms with Crippen LogP contribution < -0.4 is 4.90 Å². The molecule has 0 amide bonds. The number of rotatable bonds is 6. The van der Waals surface area contributed by atoms with E-state index in [1.165, 1.54) is 0 Å². The minimum atomic E-state index is -3.51. The third-order valence-electron chi connectivity index (χ3n) is 9.06. The molecule has 2 heterocycles. The van der Waals surface area contributed by atoms with Crippen molar-refractivity contribution >= 4 is 26.9 Å². The van der Waals surface area contributed by atoms with Gasteiger partial charge in [0.2, 0.25) is 0 Å². The van der Waals surface area contributed by atoms with Crippen molar-refractivity contribution in [3.8, 4) is 0 Å². The highest BCUT2D eigenvalue weighted by molar-refractivity contribution is 7.93. The summed E-state index contributed by atoms with van der Waals surface area (Å²) in [4.78, 5) is 2.65. The number of hydrogen-bond donors (Lipinski definition) is 0. The van der Waals surface area contributed by atoms with E-state index < -0.39 is 20.0 Å². The number of aryl methyl sites for hydroxylation is 1. The Hall–Kier alpha value is -3.41. The molecule has 0 spiro atoms. The molecule has 0 radical (unpaired) electrons. The van der Waals surface area contributed by atoms with E-state index in [1.807, 2.05) is 55.5 Å². The minimum Gasteiger partial charge on any atom is -0.372 e. The number of para-hydroxylation sites is 2. The first-order valence-corrected chi connectivity index (χ1v) is 14.0. The molecule has 2 saturated heterocycles. The summed E-state index contributed by atoms with van der Waals surface area (Å²) in [5.41, 5.74) is 4.94.